The molecule has 0 saturated heterocycles. The first-order chi connectivity index (χ1) is 9.11. The zero-order valence-corrected chi connectivity index (χ0v) is 11.1. The first kappa shape index (κ1) is 13.1. The third-order valence-corrected chi connectivity index (χ3v) is 2.96. The van der Waals surface area contributed by atoms with Crippen LogP contribution in [-0.2, 0) is 0 Å². The van der Waals surface area contributed by atoms with Gasteiger partial charge in [0.05, 0.1) is 6.61 Å². The minimum Gasteiger partial charge on any atom is -0.494 e. The predicted octanol–water partition coefficient (Wildman–Crippen LogP) is 3.21. The summed E-state index contributed by atoms with van der Waals surface area (Å²) in [6, 6.07) is 12.5. The van der Waals surface area contributed by atoms with Crippen molar-refractivity contribution >= 4 is 11.5 Å². The van der Waals surface area contributed by atoms with Gasteiger partial charge in [-0.2, -0.15) is 0 Å². The zero-order chi connectivity index (χ0) is 13.8. The number of anilines is 1. The van der Waals surface area contributed by atoms with Gasteiger partial charge in [-0.15, -0.1) is 0 Å². The Balaban J connectivity index is 2.25. The number of hydrogen-bond donors (Lipinski definition) is 1. The first-order valence-corrected chi connectivity index (χ1v) is 6.25. The molecule has 0 fully saturated rings. The molecule has 0 spiro atoms. The molecule has 2 aromatic rings. The molecule has 0 atom stereocenters. The molecule has 0 saturated carbocycles. The van der Waals surface area contributed by atoms with Gasteiger partial charge in [-0.1, -0.05) is 0 Å². The summed E-state index contributed by atoms with van der Waals surface area (Å²) in [6.45, 7) is 4.44. The fourth-order valence-corrected chi connectivity index (χ4v) is 1.85. The SMILES string of the molecule is CCOc1ccc(C(=O)c2ccc(N)c(C)c2)cc1. The van der Waals surface area contributed by atoms with E-state index in [0.717, 1.165) is 11.3 Å². The Bertz CT molecular complexity index is 588. The number of hydrogen-bond acceptors (Lipinski definition) is 3. The van der Waals surface area contributed by atoms with Crippen molar-refractivity contribution in [1.29, 1.82) is 0 Å². The summed E-state index contributed by atoms with van der Waals surface area (Å²) in [4.78, 5) is 12.3. The molecule has 3 nitrogen and oxygen atoms in total. The van der Waals surface area contributed by atoms with Gasteiger partial charge in [-0.25, -0.2) is 0 Å². The van der Waals surface area contributed by atoms with Crippen molar-refractivity contribution < 1.29 is 9.53 Å². The van der Waals surface area contributed by atoms with Crippen LogP contribution in [0.3, 0.4) is 0 Å². The highest BCUT2D eigenvalue weighted by molar-refractivity contribution is 6.09. The number of carbonyl (C=O) groups excluding carboxylic acids is 1. The Labute approximate surface area is 113 Å². The lowest BCUT2D eigenvalue weighted by Gasteiger charge is -2.06. The topological polar surface area (TPSA) is 52.3 Å². The molecule has 0 amide bonds. The van der Waals surface area contributed by atoms with Crippen LogP contribution in [0.2, 0.25) is 0 Å². The molecule has 0 heterocycles. The number of carbonyl (C=O) groups is 1. The predicted molar refractivity (Wildman–Crippen MR) is 76.6 cm³/mol. The number of ether oxygens (including phenoxy) is 1. The summed E-state index contributed by atoms with van der Waals surface area (Å²) in [5.41, 5.74) is 8.66. The molecule has 0 unspecified atom stereocenters. The van der Waals surface area contributed by atoms with Crippen LogP contribution in [0.1, 0.15) is 28.4 Å². The van der Waals surface area contributed by atoms with E-state index in [2.05, 4.69) is 0 Å². The molecule has 0 radical (unpaired) electrons. The van der Waals surface area contributed by atoms with Crippen LogP contribution >= 0.6 is 0 Å². The Kier molecular flexibility index (Phi) is 3.85. The van der Waals surface area contributed by atoms with Crippen molar-refractivity contribution in [3.63, 3.8) is 0 Å². The number of nitrogens with two attached hydrogens (primary N) is 1. The third kappa shape index (κ3) is 2.94. The van der Waals surface area contributed by atoms with Gasteiger partial charge in [-0.05, 0) is 61.9 Å². The number of rotatable bonds is 4. The highest BCUT2D eigenvalue weighted by Crippen LogP contribution is 2.18. The Morgan fingerprint density at radius 3 is 2.32 bits per heavy atom. The molecule has 2 rings (SSSR count). The average Bonchev–Trinajstić information content (AvgIpc) is 2.42. The molecular weight excluding hydrogens is 238 g/mol. The number of benzene rings is 2. The maximum Gasteiger partial charge on any atom is 0.193 e. The molecule has 98 valence electrons. The smallest absolute Gasteiger partial charge is 0.193 e. The fraction of sp³-hybridized carbons (Fsp3) is 0.188. The maximum absolute atomic E-state index is 12.3. The highest BCUT2D eigenvalue weighted by atomic mass is 16.5. The van der Waals surface area contributed by atoms with Crippen molar-refractivity contribution in [2.75, 3.05) is 12.3 Å². The van der Waals surface area contributed by atoms with Gasteiger partial charge in [0.2, 0.25) is 0 Å². The molecule has 3 heteroatoms. The standard InChI is InChI=1S/C16H17NO2/c1-3-19-14-7-4-12(5-8-14)16(18)13-6-9-15(17)11(2)10-13/h4-10H,3,17H2,1-2H3. The molecule has 0 bridgehead atoms. The second kappa shape index (κ2) is 5.57. The number of nitrogen functional groups attached to an aromatic ring is 1. The summed E-state index contributed by atoms with van der Waals surface area (Å²) < 4.78 is 5.35. The zero-order valence-electron chi connectivity index (χ0n) is 11.1. The lowest BCUT2D eigenvalue weighted by Crippen LogP contribution is -2.03. The van der Waals surface area contributed by atoms with Crippen molar-refractivity contribution in [2.24, 2.45) is 0 Å². The molecule has 2 aromatic carbocycles. The molecule has 0 aliphatic carbocycles. The maximum atomic E-state index is 12.3. The second-order valence-corrected chi connectivity index (χ2v) is 4.36. The van der Waals surface area contributed by atoms with Crippen LogP contribution in [0.5, 0.6) is 5.75 Å². The monoisotopic (exact) mass is 255 g/mol. The molecule has 0 aliphatic rings. The van der Waals surface area contributed by atoms with Crippen LogP contribution in [0.25, 0.3) is 0 Å². The van der Waals surface area contributed by atoms with E-state index in [9.17, 15) is 4.79 Å². The van der Waals surface area contributed by atoms with Crippen molar-refractivity contribution in [3.05, 3.63) is 59.2 Å². The van der Waals surface area contributed by atoms with E-state index in [0.29, 0.717) is 23.4 Å². The summed E-state index contributed by atoms with van der Waals surface area (Å²) in [5.74, 6) is 0.763. The van der Waals surface area contributed by atoms with Crippen molar-refractivity contribution in [3.8, 4) is 5.75 Å². The lowest BCUT2D eigenvalue weighted by atomic mass is 10.0. The Morgan fingerprint density at radius 2 is 1.74 bits per heavy atom. The van der Waals surface area contributed by atoms with Crippen LogP contribution in [0.4, 0.5) is 5.69 Å². The summed E-state index contributed by atoms with van der Waals surface area (Å²) in [5, 5.41) is 0. The summed E-state index contributed by atoms with van der Waals surface area (Å²) in [7, 11) is 0. The highest BCUT2D eigenvalue weighted by Gasteiger charge is 2.10. The average molecular weight is 255 g/mol. The number of aryl methyl sites for hydroxylation is 1. The normalized spacial score (nSPS) is 10.2. The van der Waals surface area contributed by atoms with Crippen LogP contribution in [0, 0.1) is 6.92 Å². The van der Waals surface area contributed by atoms with Crippen molar-refractivity contribution in [1.82, 2.24) is 0 Å². The quantitative estimate of drug-likeness (QED) is 0.674. The minimum atomic E-state index is -0.00820. The van der Waals surface area contributed by atoms with Gasteiger partial charge < -0.3 is 10.5 Å². The van der Waals surface area contributed by atoms with Gasteiger partial charge in [0.25, 0.3) is 0 Å². The first-order valence-electron chi connectivity index (χ1n) is 6.25. The minimum absolute atomic E-state index is 0.00820. The van der Waals surface area contributed by atoms with Crippen LogP contribution in [0.15, 0.2) is 42.5 Å². The van der Waals surface area contributed by atoms with E-state index < -0.39 is 0 Å². The van der Waals surface area contributed by atoms with Crippen LogP contribution in [-0.4, -0.2) is 12.4 Å². The van der Waals surface area contributed by atoms with Gasteiger partial charge in [0, 0.05) is 16.8 Å². The molecule has 2 N–H and O–H groups in total. The van der Waals surface area contributed by atoms with Crippen molar-refractivity contribution in [2.45, 2.75) is 13.8 Å². The lowest BCUT2D eigenvalue weighted by molar-refractivity contribution is 0.103. The largest absolute Gasteiger partial charge is 0.494 e. The summed E-state index contributed by atoms with van der Waals surface area (Å²) in [6.07, 6.45) is 0. The fourth-order valence-electron chi connectivity index (χ4n) is 1.85. The second-order valence-electron chi connectivity index (χ2n) is 4.36. The molecule has 0 aliphatic heterocycles. The molecule has 19 heavy (non-hydrogen) atoms. The van der Waals surface area contributed by atoms with E-state index >= 15 is 0 Å². The Hall–Kier alpha value is -2.29. The van der Waals surface area contributed by atoms with E-state index in [1.165, 1.54) is 0 Å². The van der Waals surface area contributed by atoms with Gasteiger partial charge in [0.1, 0.15) is 5.75 Å². The Morgan fingerprint density at radius 1 is 1.11 bits per heavy atom. The number of ketones is 1. The van der Waals surface area contributed by atoms with Gasteiger partial charge >= 0.3 is 0 Å². The third-order valence-electron chi connectivity index (χ3n) is 2.96. The van der Waals surface area contributed by atoms with Crippen LogP contribution < -0.4 is 10.5 Å². The van der Waals surface area contributed by atoms with E-state index in [-0.39, 0.29) is 5.78 Å². The molecular formula is C16H17NO2. The van der Waals surface area contributed by atoms with Gasteiger partial charge in [0.15, 0.2) is 5.78 Å². The van der Waals surface area contributed by atoms with Gasteiger partial charge in [-0.3, -0.25) is 4.79 Å². The summed E-state index contributed by atoms with van der Waals surface area (Å²) >= 11 is 0. The van der Waals surface area contributed by atoms with E-state index in [4.69, 9.17) is 10.5 Å². The molecule has 0 aromatic heterocycles. The van der Waals surface area contributed by atoms with E-state index in [1.54, 1.807) is 36.4 Å². The van der Waals surface area contributed by atoms with E-state index in [1.807, 2.05) is 19.9 Å².